The number of nitro groups is 1. The molecule has 0 unspecified atom stereocenters. The molecule has 2 saturated heterocycles. The normalized spacial score (nSPS) is 16.9. The lowest BCUT2D eigenvalue weighted by atomic mass is 9.89. The summed E-state index contributed by atoms with van der Waals surface area (Å²) in [5, 5.41) is 20.7. The van der Waals surface area contributed by atoms with E-state index in [2.05, 4.69) is 17.0 Å². The van der Waals surface area contributed by atoms with Gasteiger partial charge in [-0.1, -0.05) is 30.3 Å². The molecule has 2 aliphatic rings. The quantitative estimate of drug-likeness (QED) is 0.270. The van der Waals surface area contributed by atoms with Gasteiger partial charge < -0.3 is 24.4 Å². The number of carbonyl (C=O) groups is 1. The third kappa shape index (κ3) is 7.09. The van der Waals surface area contributed by atoms with Crippen LogP contribution in [0.3, 0.4) is 0 Å². The van der Waals surface area contributed by atoms with Crippen LogP contribution in [0.15, 0.2) is 72.8 Å². The molecular weight excluding hydrogens is 510 g/mol. The molecule has 0 radical (unpaired) electrons. The van der Waals surface area contributed by atoms with Gasteiger partial charge in [0.2, 0.25) is 5.91 Å². The SMILES string of the molecule is O=C(CCN1CCC(c2ccc(Oc3ccccc3)cc2)CC1)N1CCC(Oc2ccc([N+](=O)[O-])c(O)c2)CC1. The van der Waals surface area contributed by atoms with E-state index in [9.17, 15) is 20.0 Å². The summed E-state index contributed by atoms with van der Waals surface area (Å²) in [6.45, 7) is 3.98. The largest absolute Gasteiger partial charge is 0.502 e. The maximum absolute atomic E-state index is 12.9. The van der Waals surface area contributed by atoms with Crippen LogP contribution < -0.4 is 9.47 Å². The second-order valence-corrected chi connectivity index (χ2v) is 10.5. The Morgan fingerprint density at radius 1 is 0.875 bits per heavy atom. The van der Waals surface area contributed by atoms with Crippen LogP contribution in [-0.2, 0) is 4.79 Å². The smallest absolute Gasteiger partial charge is 0.310 e. The van der Waals surface area contributed by atoms with E-state index >= 15 is 0 Å². The molecule has 0 aromatic heterocycles. The minimum absolute atomic E-state index is 0.0945. The Morgan fingerprint density at radius 3 is 2.17 bits per heavy atom. The zero-order valence-electron chi connectivity index (χ0n) is 22.5. The number of nitrogens with zero attached hydrogens (tertiary/aromatic N) is 3. The molecule has 0 saturated carbocycles. The van der Waals surface area contributed by atoms with Crippen molar-refractivity contribution in [2.75, 3.05) is 32.7 Å². The van der Waals surface area contributed by atoms with Gasteiger partial charge in [0.05, 0.1) is 4.92 Å². The number of aromatic hydroxyl groups is 1. The van der Waals surface area contributed by atoms with Gasteiger partial charge in [-0.3, -0.25) is 14.9 Å². The van der Waals surface area contributed by atoms with Gasteiger partial charge in [0.25, 0.3) is 0 Å². The molecule has 0 atom stereocenters. The molecule has 210 valence electrons. The summed E-state index contributed by atoms with van der Waals surface area (Å²) in [6, 6.07) is 22.2. The first kappa shape index (κ1) is 27.5. The number of carbonyl (C=O) groups excluding carboxylic acids is 1. The first-order valence-corrected chi connectivity index (χ1v) is 13.9. The lowest BCUT2D eigenvalue weighted by Crippen LogP contribution is -2.43. The van der Waals surface area contributed by atoms with Gasteiger partial charge in [-0.2, -0.15) is 0 Å². The summed E-state index contributed by atoms with van der Waals surface area (Å²) in [6.07, 6.45) is 3.94. The minimum Gasteiger partial charge on any atom is -0.502 e. The van der Waals surface area contributed by atoms with E-state index in [1.165, 1.54) is 23.8 Å². The minimum atomic E-state index is -0.632. The van der Waals surface area contributed by atoms with Gasteiger partial charge in [-0.05, 0) is 67.7 Å². The number of ether oxygens (including phenoxy) is 2. The van der Waals surface area contributed by atoms with E-state index in [-0.39, 0.29) is 17.7 Å². The van der Waals surface area contributed by atoms with Gasteiger partial charge in [0.1, 0.15) is 23.4 Å². The van der Waals surface area contributed by atoms with Crippen molar-refractivity contribution in [3.63, 3.8) is 0 Å². The molecule has 5 rings (SSSR count). The van der Waals surface area contributed by atoms with Gasteiger partial charge in [0, 0.05) is 51.0 Å². The number of rotatable bonds is 9. The molecule has 3 aromatic carbocycles. The highest BCUT2D eigenvalue weighted by atomic mass is 16.6. The zero-order valence-corrected chi connectivity index (χ0v) is 22.5. The molecule has 2 aliphatic heterocycles. The number of hydrogen-bond donors (Lipinski definition) is 1. The fraction of sp³-hybridized carbons (Fsp3) is 0.387. The molecule has 3 aromatic rings. The van der Waals surface area contributed by atoms with E-state index in [0.29, 0.717) is 44.0 Å². The maximum Gasteiger partial charge on any atom is 0.310 e. The Morgan fingerprint density at radius 2 is 1.52 bits per heavy atom. The predicted octanol–water partition coefficient (Wildman–Crippen LogP) is 5.73. The molecule has 0 aliphatic carbocycles. The van der Waals surface area contributed by atoms with Crippen molar-refractivity contribution >= 4 is 11.6 Å². The van der Waals surface area contributed by atoms with Crippen LogP contribution in [0.5, 0.6) is 23.0 Å². The van der Waals surface area contributed by atoms with Crippen molar-refractivity contribution in [1.82, 2.24) is 9.80 Å². The third-order valence-electron chi connectivity index (χ3n) is 7.80. The molecule has 2 heterocycles. The number of nitro benzene ring substituents is 1. The molecule has 9 nitrogen and oxygen atoms in total. The van der Waals surface area contributed by atoms with Crippen LogP contribution in [0, 0.1) is 10.1 Å². The first-order valence-electron chi connectivity index (χ1n) is 13.9. The van der Waals surface area contributed by atoms with Crippen LogP contribution in [0.1, 0.15) is 43.6 Å². The van der Waals surface area contributed by atoms with Crippen molar-refractivity contribution in [2.45, 2.75) is 44.1 Å². The Hall–Kier alpha value is -4.11. The Balaban J connectivity index is 1.00. The predicted molar refractivity (Wildman–Crippen MR) is 151 cm³/mol. The summed E-state index contributed by atoms with van der Waals surface area (Å²) in [5.74, 6) is 2.35. The Kier molecular flexibility index (Phi) is 8.81. The molecular formula is C31H35N3O6. The van der Waals surface area contributed by atoms with E-state index < -0.39 is 10.7 Å². The fourth-order valence-electron chi connectivity index (χ4n) is 5.48. The Bertz CT molecular complexity index is 1280. The average Bonchev–Trinajstić information content (AvgIpc) is 2.97. The van der Waals surface area contributed by atoms with Crippen LogP contribution in [-0.4, -0.2) is 64.6 Å². The van der Waals surface area contributed by atoms with E-state index in [4.69, 9.17) is 9.47 Å². The molecule has 40 heavy (non-hydrogen) atoms. The second kappa shape index (κ2) is 12.8. The number of benzene rings is 3. The molecule has 1 amide bonds. The number of phenolic OH excluding ortho intramolecular Hbond substituents is 1. The summed E-state index contributed by atoms with van der Waals surface area (Å²) in [4.78, 5) is 27.4. The average molecular weight is 546 g/mol. The van der Waals surface area contributed by atoms with Crippen LogP contribution in [0.25, 0.3) is 0 Å². The van der Waals surface area contributed by atoms with Crippen molar-refractivity contribution < 1.29 is 24.3 Å². The standard InChI is InChI=1S/C31H35N3O6/c35-30-22-28(10-11-29(30)34(37)38)40-27-14-20-33(21-15-27)31(36)16-19-32-17-12-24(13-18-32)23-6-8-26(9-7-23)39-25-4-2-1-3-5-25/h1-11,22,24,27,35H,12-21H2. The molecule has 2 fully saturated rings. The second-order valence-electron chi connectivity index (χ2n) is 10.5. The maximum atomic E-state index is 12.9. The molecule has 0 spiro atoms. The third-order valence-corrected chi connectivity index (χ3v) is 7.80. The zero-order chi connectivity index (χ0) is 27.9. The highest BCUT2D eigenvalue weighted by Crippen LogP contribution is 2.32. The molecule has 1 N–H and O–H groups in total. The summed E-state index contributed by atoms with van der Waals surface area (Å²) >= 11 is 0. The van der Waals surface area contributed by atoms with Crippen molar-refractivity contribution in [3.05, 3.63) is 88.5 Å². The lowest BCUT2D eigenvalue weighted by Gasteiger charge is -2.34. The fourth-order valence-corrected chi connectivity index (χ4v) is 5.48. The van der Waals surface area contributed by atoms with Crippen LogP contribution in [0.2, 0.25) is 0 Å². The lowest BCUT2D eigenvalue weighted by molar-refractivity contribution is -0.385. The number of para-hydroxylation sites is 1. The number of amides is 1. The van der Waals surface area contributed by atoms with Crippen molar-refractivity contribution in [1.29, 1.82) is 0 Å². The molecule has 9 heteroatoms. The monoisotopic (exact) mass is 545 g/mol. The number of piperidine rings is 2. The summed E-state index contributed by atoms with van der Waals surface area (Å²) < 4.78 is 11.8. The van der Waals surface area contributed by atoms with Gasteiger partial charge in [0.15, 0.2) is 5.75 Å². The van der Waals surface area contributed by atoms with E-state index in [0.717, 1.165) is 44.0 Å². The highest BCUT2D eigenvalue weighted by molar-refractivity contribution is 5.76. The van der Waals surface area contributed by atoms with Crippen LogP contribution in [0.4, 0.5) is 5.69 Å². The number of likely N-dealkylation sites (tertiary alicyclic amines) is 2. The van der Waals surface area contributed by atoms with Crippen molar-refractivity contribution in [2.24, 2.45) is 0 Å². The first-order chi connectivity index (χ1) is 19.4. The number of phenols is 1. The van der Waals surface area contributed by atoms with Gasteiger partial charge >= 0.3 is 5.69 Å². The van der Waals surface area contributed by atoms with E-state index in [1.54, 1.807) is 0 Å². The number of hydrogen-bond acceptors (Lipinski definition) is 7. The van der Waals surface area contributed by atoms with Gasteiger partial charge in [-0.15, -0.1) is 0 Å². The van der Waals surface area contributed by atoms with E-state index in [1.807, 2.05) is 47.4 Å². The summed E-state index contributed by atoms with van der Waals surface area (Å²) in [5.41, 5.74) is 0.991. The Labute approximate surface area is 234 Å². The summed E-state index contributed by atoms with van der Waals surface area (Å²) in [7, 11) is 0. The van der Waals surface area contributed by atoms with Crippen molar-refractivity contribution in [3.8, 4) is 23.0 Å². The molecule has 0 bridgehead atoms. The van der Waals surface area contributed by atoms with Crippen LogP contribution >= 0.6 is 0 Å². The highest BCUT2D eigenvalue weighted by Gasteiger charge is 2.26. The topological polar surface area (TPSA) is 105 Å². The van der Waals surface area contributed by atoms with Gasteiger partial charge in [-0.25, -0.2) is 0 Å².